The fourth-order valence-corrected chi connectivity index (χ4v) is 5.29. The zero-order valence-electron chi connectivity index (χ0n) is 11.8. The normalized spacial score (nSPS) is 19.3. The van der Waals surface area contributed by atoms with E-state index in [2.05, 4.69) is 0 Å². The Hall–Kier alpha value is -0.830. The van der Waals surface area contributed by atoms with E-state index < -0.39 is 15.8 Å². The van der Waals surface area contributed by atoms with Gasteiger partial charge in [-0.1, -0.05) is 0 Å². The molecule has 118 valence electrons. The van der Waals surface area contributed by atoms with Crippen molar-refractivity contribution in [3.63, 3.8) is 0 Å². The van der Waals surface area contributed by atoms with Crippen LogP contribution in [0.1, 0.15) is 6.42 Å². The minimum atomic E-state index is -3.89. The van der Waals surface area contributed by atoms with E-state index in [1.807, 2.05) is 0 Å². The van der Waals surface area contributed by atoms with Crippen LogP contribution in [0.25, 0.3) is 0 Å². The van der Waals surface area contributed by atoms with Gasteiger partial charge in [0.1, 0.15) is 10.7 Å². The van der Waals surface area contributed by atoms with Gasteiger partial charge in [-0.25, -0.2) is 12.8 Å². The molecule has 1 atom stereocenters. The Kier molecular flexibility index (Phi) is 5.48. The molecule has 1 fully saturated rings. The third-order valence-electron chi connectivity index (χ3n) is 3.37. The van der Waals surface area contributed by atoms with Crippen molar-refractivity contribution in [2.75, 3.05) is 37.5 Å². The van der Waals surface area contributed by atoms with Gasteiger partial charge in [-0.15, -0.1) is 0 Å². The molecular weight excluding hydrogens is 315 g/mol. The van der Waals surface area contributed by atoms with Crippen molar-refractivity contribution in [2.24, 2.45) is 0 Å². The van der Waals surface area contributed by atoms with E-state index in [-0.39, 0.29) is 29.8 Å². The van der Waals surface area contributed by atoms with E-state index in [1.165, 1.54) is 23.5 Å². The topological polar surface area (TPSA) is 72.6 Å². The number of nitrogens with two attached hydrogens (primary N) is 1. The number of nitrogen functional groups attached to an aromatic ring is 1. The van der Waals surface area contributed by atoms with Crippen molar-refractivity contribution in [3.8, 4) is 0 Å². The molecule has 5 nitrogen and oxygen atoms in total. The minimum absolute atomic E-state index is 0.118. The average molecular weight is 334 g/mol. The van der Waals surface area contributed by atoms with Crippen molar-refractivity contribution in [3.05, 3.63) is 24.0 Å². The van der Waals surface area contributed by atoms with Gasteiger partial charge in [0.25, 0.3) is 0 Å². The zero-order valence-corrected chi connectivity index (χ0v) is 13.4. The third-order valence-corrected chi connectivity index (χ3v) is 6.50. The van der Waals surface area contributed by atoms with Gasteiger partial charge in [0.15, 0.2) is 0 Å². The fraction of sp³-hybridized carbons (Fsp3) is 0.538. The molecule has 0 amide bonds. The van der Waals surface area contributed by atoms with Crippen LogP contribution >= 0.6 is 11.8 Å². The van der Waals surface area contributed by atoms with E-state index >= 15 is 0 Å². The molecule has 1 unspecified atom stereocenters. The molecular formula is C13H19FN2O3S2. The second-order valence-electron chi connectivity index (χ2n) is 4.82. The van der Waals surface area contributed by atoms with Crippen LogP contribution in [0.3, 0.4) is 0 Å². The van der Waals surface area contributed by atoms with Crippen molar-refractivity contribution in [1.29, 1.82) is 0 Å². The van der Waals surface area contributed by atoms with Gasteiger partial charge in [0, 0.05) is 31.1 Å². The lowest BCUT2D eigenvalue weighted by atomic mass is 10.3. The summed E-state index contributed by atoms with van der Waals surface area (Å²) in [6.45, 7) is 0.491. The van der Waals surface area contributed by atoms with Gasteiger partial charge in [-0.2, -0.15) is 16.1 Å². The summed E-state index contributed by atoms with van der Waals surface area (Å²) in [5.41, 5.74) is 5.68. The number of hydrogen-bond acceptors (Lipinski definition) is 5. The number of hydrogen-bond donors (Lipinski definition) is 1. The predicted molar refractivity (Wildman–Crippen MR) is 82.3 cm³/mol. The molecule has 0 aliphatic carbocycles. The Bertz CT molecular complexity index is 589. The fourth-order valence-electron chi connectivity index (χ4n) is 2.28. The lowest BCUT2D eigenvalue weighted by molar-refractivity contribution is 0.169. The minimum Gasteiger partial charge on any atom is -0.399 e. The number of ether oxygens (including phenoxy) is 1. The molecule has 1 saturated heterocycles. The van der Waals surface area contributed by atoms with Crippen molar-refractivity contribution < 1.29 is 17.5 Å². The van der Waals surface area contributed by atoms with Gasteiger partial charge in [0.2, 0.25) is 10.0 Å². The number of methoxy groups -OCH3 is 1. The standard InChI is InChI=1S/C13H19FN2O3S2/c1-19-6-5-16(11-4-7-20-9-11)21(17,18)13-3-2-10(15)8-12(13)14/h2-3,8,11H,4-7,9,15H2,1H3. The number of thioether (sulfide) groups is 1. The summed E-state index contributed by atoms with van der Waals surface area (Å²) < 4.78 is 45.8. The predicted octanol–water partition coefficient (Wildman–Crippen LogP) is 1.55. The van der Waals surface area contributed by atoms with E-state index in [0.29, 0.717) is 0 Å². The number of rotatable bonds is 6. The van der Waals surface area contributed by atoms with Crippen LogP contribution in [0.5, 0.6) is 0 Å². The zero-order chi connectivity index (χ0) is 15.5. The number of halogens is 1. The van der Waals surface area contributed by atoms with Crippen molar-refractivity contribution >= 4 is 27.5 Å². The lowest BCUT2D eigenvalue weighted by Gasteiger charge is -2.27. The van der Waals surface area contributed by atoms with Crippen LogP contribution < -0.4 is 5.73 Å². The monoisotopic (exact) mass is 334 g/mol. The van der Waals surface area contributed by atoms with Crippen LogP contribution in [0.4, 0.5) is 10.1 Å². The highest BCUT2D eigenvalue weighted by atomic mass is 32.2. The molecule has 1 aliphatic heterocycles. The Balaban J connectivity index is 2.35. The molecule has 2 N–H and O–H groups in total. The first-order valence-corrected chi connectivity index (χ1v) is 9.20. The first kappa shape index (κ1) is 16.5. The highest BCUT2D eigenvalue weighted by Gasteiger charge is 2.34. The highest BCUT2D eigenvalue weighted by molar-refractivity contribution is 7.99. The van der Waals surface area contributed by atoms with Crippen LogP contribution in [0.15, 0.2) is 23.1 Å². The smallest absolute Gasteiger partial charge is 0.246 e. The highest BCUT2D eigenvalue weighted by Crippen LogP contribution is 2.29. The van der Waals surface area contributed by atoms with Crippen LogP contribution in [-0.2, 0) is 14.8 Å². The Labute approximate surface area is 128 Å². The van der Waals surface area contributed by atoms with E-state index in [1.54, 1.807) is 11.8 Å². The van der Waals surface area contributed by atoms with Gasteiger partial charge in [-0.05, 0) is 30.4 Å². The van der Waals surface area contributed by atoms with E-state index in [9.17, 15) is 12.8 Å². The molecule has 1 aliphatic rings. The molecule has 21 heavy (non-hydrogen) atoms. The summed E-state index contributed by atoms with van der Waals surface area (Å²) >= 11 is 1.70. The van der Waals surface area contributed by atoms with Crippen molar-refractivity contribution in [1.82, 2.24) is 4.31 Å². The van der Waals surface area contributed by atoms with E-state index in [0.717, 1.165) is 24.0 Å². The Morgan fingerprint density at radius 1 is 1.52 bits per heavy atom. The summed E-state index contributed by atoms with van der Waals surface area (Å²) in [6.07, 6.45) is 0.768. The molecule has 8 heteroatoms. The Morgan fingerprint density at radius 3 is 2.86 bits per heavy atom. The second-order valence-corrected chi connectivity index (χ2v) is 7.82. The SMILES string of the molecule is COCCN(C1CCSC1)S(=O)(=O)c1ccc(N)cc1F. The first-order chi connectivity index (χ1) is 9.96. The van der Waals surface area contributed by atoms with Gasteiger partial charge < -0.3 is 10.5 Å². The summed E-state index contributed by atoms with van der Waals surface area (Å²) in [4.78, 5) is -0.329. The largest absolute Gasteiger partial charge is 0.399 e. The molecule has 2 rings (SSSR count). The number of sulfonamides is 1. The van der Waals surface area contributed by atoms with Crippen LogP contribution in [0, 0.1) is 5.82 Å². The van der Waals surface area contributed by atoms with Gasteiger partial charge in [0.05, 0.1) is 6.61 Å². The number of nitrogens with zero attached hydrogens (tertiary/aromatic N) is 1. The molecule has 0 saturated carbocycles. The van der Waals surface area contributed by atoms with E-state index in [4.69, 9.17) is 10.5 Å². The summed E-state index contributed by atoms with van der Waals surface area (Å²) in [5, 5.41) is 0. The molecule has 0 spiro atoms. The maximum absolute atomic E-state index is 14.0. The second kappa shape index (κ2) is 6.95. The molecule has 0 radical (unpaired) electrons. The van der Waals surface area contributed by atoms with Crippen LogP contribution in [0.2, 0.25) is 0 Å². The molecule has 0 bridgehead atoms. The van der Waals surface area contributed by atoms with Crippen LogP contribution in [-0.4, -0.2) is 50.5 Å². The Morgan fingerprint density at radius 2 is 2.29 bits per heavy atom. The number of anilines is 1. The first-order valence-electron chi connectivity index (χ1n) is 6.60. The maximum Gasteiger partial charge on any atom is 0.246 e. The summed E-state index contributed by atoms with van der Waals surface area (Å²) in [6, 6.07) is 3.53. The molecule has 1 aromatic carbocycles. The van der Waals surface area contributed by atoms with Gasteiger partial charge >= 0.3 is 0 Å². The summed E-state index contributed by atoms with van der Waals surface area (Å²) in [7, 11) is -2.38. The summed E-state index contributed by atoms with van der Waals surface area (Å²) in [5.74, 6) is 0.816. The average Bonchev–Trinajstić information content (AvgIpc) is 2.92. The molecule has 1 aromatic rings. The quantitative estimate of drug-likeness (QED) is 0.799. The maximum atomic E-state index is 14.0. The van der Waals surface area contributed by atoms with Gasteiger partial charge in [-0.3, -0.25) is 0 Å². The van der Waals surface area contributed by atoms with Crippen molar-refractivity contribution in [2.45, 2.75) is 17.4 Å². The lowest BCUT2D eigenvalue weighted by Crippen LogP contribution is -2.42. The number of benzene rings is 1. The molecule has 1 heterocycles. The molecule has 0 aromatic heterocycles. The third kappa shape index (κ3) is 3.68.